The molecule has 6 N–H and O–H groups in total. The van der Waals surface area contributed by atoms with Crippen molar-refractivity contribution in [3.63, 3.8) is 0 Å². The van der Waals surface area contributed by atoms with Gasteiger partial charge in [-0.1, -0.05) is 236 Å². The van der Waals surface area contributed by atoms with Crippen molar-refractivity contribution in [2.75, 3.05) is 37.9 Å². The van der Waals surface area contributed by atoms with E-state index in [4.69, 9.17) is 25.1 Å². The van der Waals surface area contributed by atoms with Crippen LogP contribution in [-0.4, -0.2) is 97.1 Å². The molecule has 13 nitrogen and oxygen atoms in total. The Hall–Kier alpha value is -4.14. The molecule has 0 radical (unpaired) electrons. The number of nitrogens with one attached hydrogen (secondary N) is 3. The zero-order valence-corrected chi connectivity index (χ0v) is 48.2. The van der Waals surface area contributed by atoms with Crippen LogP contribution in [0.4, 0.5) is 4.79 Å². The molecule has 14 heteroatoms. The van der Waals surface area contributed by atoms with Gasteiger partial charge in [-0.3, -0.25) is 19.2 Å². The maximum Gasteiger partial charge on any atom is 0.407 e. The Kier molecular flexibility index (Phi) is 37.3. The first-order valence-electron chi connectivity index (χ1n) is 30.1. The Morgan fingerprint density at radius 2 is 0.987 bits per heavy atom. The number of fused-ring (bicyclic) bond motifs is 3. The Morgan fingerprint density at radius 3 is 1.45 bits per heavy atom. The van der Waals surface area contributed by atoms with Gasteiger partial charge in [0, 0.05) is 37.1 Å². The van der Waals surface area contributed by atoms with E-state index in [1.54, 1.807) is 6.92 Å². The number of carbonyl (C=O) groups excluding carboxylic acids is 4. The summed E-state index contributed by atoms with van der Waals surface area (Å²) in [4.78, 5) is 64.5. The number of amides is 4. The van der Waals surface area contributed by atoms with Gasteiger partial charge in [0.05, 0.1) is 12.7 Å². The van der Waals surface area contributed by atoms with Crippen molar-refractivity contribution in [2.45, 2.75) is 250 Å². The molecule has 0 fully saturated rings. The van der Waals surface area contributed by atoms with Gasteiger partial charge in [-0.25, -0.2) is 4.79 Å². The van der Waals surface area contributed by atoms with Crippen molar-refractivity contribution in [1.29, 1.82) is 0 Å². The number of hydrogen-bond acceptors (Lipinski definition) is 9. The number of carboxylic acids is 1. The van der Waals surface area contributed by atoms with Gasteiger partial charge in [0.1, 0.15) is 24.7 Å². The Bertz CT molecular complexity index is 1840. The number of hydrogen-bond donors (Lipinski definition) is 5. The predicted molar refractivity (Wildman–Crippen MR) is 311 cm³/mol. The molecule has 0 heterocycles. The Balaban J connectivity index is 1.58. The summed E-state index contributed by atoms with van der Waals surface area (Å²) in [6.45, 7) is 7.97. The molecule has 0 aromatic heterocycles. The van der Waals surface area contributed by atoms with E-state index in [9.17, 15) is 24.0 Å². The second kappa shape index (κ2) is 42.8. The molecular weight excluding hydrogens is 977 g/mol. The van der Waals surface area contributed by atoms with E-state index in [1.807, 2.05) is 36.4 Å². The van der Waals surface area contributed by atoms with Gasteiger partial charge >= 0.3 is 12.1 Å². The summed E-state index contributed by atoms with van der Waals surface area (Å²) in [5, 5.41) is 17.2. The van der Waals surface area contributed by atoms with Gasteiger partial charge in [0.15, 0.2) is 0 Å². The van der Waals surface area contributed by atoms with Crippen LogP contribution in [0.15, 0.2) is 48.5 Å². The topological polar surface area (TPSA) is 195 Å². The normalized spacial score (nSPS) is 13.6. The van der Waals surface area contributed by atoms with Gasteiger partial charge in [-0.2, -0.15) is 11.8 Å². The number of primary amides is 1. The predicted octanol–water partition coefficient (Wildman–Crippen LogP) is 13.7. The highest BCUT2D eigenvalue weighted by atomic mass is 32.2. The third-order valence-electron chi connectivity index (χ3n) is 14.7. The molecule has 2 aromatic carbocycles. The van der Waals surface area contributed by atoms with Crippen LogP contribution in [-0.2, 0) is 33.4 Å². The molecule has 3 rings (SSSR count). The molecule has 0 aliphatic heterocycles. The second-order valence-electron chi connectivity index (χ2n) is 21.2. The highest BCUT2D eigenvalue weighted by Gasteiger charge is 2.32. The van der Waals surface area contributed by atoms with E-state index in [2.05, 4.69) is 41.9 Å². The van der Waals surface area contributed by atoms with Crippen LogP contribution < -0.4 is 21.7 Å². The number of nitrogens with two attached hydrogens (primary N) is 1. The number of benzene rings is 2. The number of ether oxygens (including phenoxy) is 3. The van der Waals surface area contributed by atoms with Crippen LogP contribution in [0.3, 0.4) is 0 Å². The minimum Gasteiger partial charge on any atom is -0.481 e. The molecule has 430 valence electrons. The number of unbranched alkanes of at least 4 members (excludes halogenated alkanes) is 26. The zero-order chi connectivity index (χ0) is 54.9. The fourth-order valence-electron chi connectivity index (χ4n) is 10.0. The summed E-state index contributed by atoms with van der Waals surface area (Å²) in [7, 11) is 0. The van der Waals surface area contributed by atoms with Crippen molar-refractivity contribution in [3.05, 3.63) is 59.7 Å². The van der Waals surface area contributed by atoms with Gasteiger partial charge in [-0.05, 0) is 47.9 Å². The van der Waals surface area contributed by atoms with Gasteiger partial charge in [0.25, 0.3) is 0 Å². The second-order valence-corrected chi connectivity index (χ2v) is 22.3. The minimum atomic E-state index is -1.24. The van der Waals surface area contributed by atoms with Crippen LogP contribution in [0.1, 0.15) is 237 Å². The molecule has 4 unspecified atom stereocenters. The van der Waals surface area contributed by atoms with E-state index in [-0.39, 0.29) is 43.6 Å². The van der Waals surface area contributed by atoms with E-state index in [0.717, 1.165) is 47.9 Å². The van der Waals surface area contributed by atoms with Crippen LogP contribution in [0.2, 0.25) is 0 Å². The quantitative estimate of drug-likeness (QED) is 0.0398. The van der Waals surface area contributed by atoms with Crippen LogP contribution in [0, 0.1) is 0 Å². The number of aliphatic carboxylic acids is 1. The largest absolute Gasteiger partial charge is 0.481 e. The molecular formula is C62H102N4O9S. The zero-order valence-electron chi connectivity index (χ0n) is 47.4. The third-order valence-corrected chi connectivity index (χ3v) is 15.9. The molecule has 0 saturated carbocycles. The lowest BCUT2D eigenvalue weighted by molar-refractivity contribution is -0.138. The summed E-state index contributed by atoms with van der Waals surface area (Å²) >= 11 is 1.45. The van der Waals surface area contributed by atoms with Crippen molar-refractivity contribution in [2.24, 2.45) is 5.73 Å². The van der Waals surface area contributed by atoms with Crippen molar-refractivity contribution in [1.82, 2.24) is 16.0 Å². The Labute approximate surface area is 463 Å². The van der Waals surface area contributed by atoms with Crippen molar-refractivity contribution >= 4 is 41.5 Å². The monoisotopic (exact) mass is 1080 g/mol. The summed E-state index contributed by atoms with van der Waals surface area (Å²) in [5.41, 5.74) is 9.80. The van der Waals surface area contributed by atoms with Gasteiger partial charge in [0.2, 0.25) is 17.7 Å². The summed E-state index contributed by atoms with van der Waals surface area (Å²) in [6.07, 6.45) is 34.6. The average Bonchev–Trinajstić information content (AvgIpc) is 3.76. The average molecular weight is 1080 g/mol. The molecule has 4 amide bonds. The van der Waals surface area contributed by atoms with E-state index in [1.165, 1.54) is 166 Å². The number of thioether (sulfide) groups is 1. The van der Waals surface area contributed by atoms with E-state index >= 15 is 0 Å². The highest BCUT2D eigenvalue weighted by molar-refractivity contribution is 7.99. The number of carboxylic acid groups (broad SMARTS) is 1. The summed E-state index contributed by atoms with van der Waals surface area (Å²) in [5.74, 6) is -2.85. The SMILES string of the molecule is CCCCCCCCCCCCCCCCOCC(CSCC(NC(=O)OCC1c2ccccc2-c2ccccc21)C(=O)NC(CC)C(=O)NC(CCC(=O)O)C(N)=O)OCCCCCCCCCCCCCCCC. The van der Waals surface area contributed by atoms with Crippen molar-refractivity contribution < 1.29 is 43.3 Å². The number of alkyl carbamates (subject to hydrolysis) is 1. The Morgan fingerprint density at radius 1 is 0.553 bits per heavy atom. The maximum absolute atomic E-state index is 14.1. The molecule has 1 aliphatic rings. The van der Waals surface area contributed by atoms with E-state index in [0.29, 0.717) is 25.6 Å². The molecule has 1 aliphatic carbocycles. The van der Waals surface area contributed by atoms with E-state index < -0.39 is 47.9 Å². The highest BCUT2D eigenvalue weighted by Crippen LogP contribution is 2.44. The van der Waals surface area contributed by atoms with Crippen LogP contribution in [0.5, 0.6) is 0 Å². The van der Waals surface area contributed by atoms with Gasteiger partial charge in [-0.15, -0.1) is 0 Å². The lowest BCUT2D eigenvalue weighted by Gasteiger charge is -2.24. The minimum absolute atomic E-state index is 0.0536. The number of rotatable bonds is 49. The summed E-state index contributed by atoms with van der Waals surface area (Å²) < 4.78 is 18.6. The molecule has 0 bridgehead atoms. The molecule has 0 saturated heterocycles. The smallest absolute Gasteiger partial charge is 0.407 e. The standard InChI is InChI=1S/C62H102N4O9S/c1-4-7-9-11-13-15-17-19-21-23-25-27-29-35-43-73-45-49(74-44-36-30-28-26-24-22-20-18-16-14-12-10-8-5-2)47-76-48-57(61(71)64-55(6-3)60(70)65-56(59(63)69)41-42-58(67)68)66-62(72)75-46-54-52-39-33-31-37-50(52)51-38-32-34-40-53(51)54/h31-34,37-40,49,54-57H,4-30,35-36,41-48H2,1-3H3,(H2,63,69)(H,64,71)(H,65,70)(H,66,72)(H,67,68). The van der Waals surface area contributed by atoms with Crippen LogP contribution in [0.25, 0.3) is 11.1 Å². The first-order chi connectivity index (χ1) is 37.1. The van der Waals surface area contributed by atoms with Gasteiger partial charge < -0.3 is 41.0 Å². The third kappa shape index (κ3) is 29.0. The summed E-state index contributed by atoms with van der Waals surface area (Å²) in [6, 6.07) is 12.7. The molecule has 4 atom stereocenters. The molecule has 76 heavy (non-hydrogen) atoms. The molecule has 0 spiro atoms. The lowest BCUT2D eigenvalue weighted by atomic mass is 9.98. The fourth-order valence-corrected chi connectivity index (χ4v) is 11.1. The first kappa shape index (κ1) is 66.1. The lowest BCUT2D eigenvalue weighted by Crippen LogP contribution is -2.56. The first-order valence-corrected chi connectivity index (χ1v) is 31.2. The molecule has 2 aromatic rings. The van der Waals surface area contributed by atoms with Crippen LogP contribution >= 0.6 is 11.8 Å². The van der Waals surface area contributed by atoms with Crippen molar-refractivity contribution in [3.8, 4) is 11.1 Å². The maximum atomic E-state index is 14.1. The number of carbonyl (C=O) groups is 5. The fraction of sp³-hybridized carbons (Fsp3) is 0.726.